The van der Waals surface area contributed by atoms with E-state index in [0.717, 1.165) is 25.0 Å². The van der Waals surface area contributed by atoms with Crippen molar-refractivity contribution in [2.45, 2.75) is 25.7 Å². The van der Waals surface area contributed by atoms with Crippen molar-refractivity contribution >= 4 is 17.6 Å². The number of anilines is 1. The number of carbonyl (C=O) groups is 2. The molecular weight excluding hydrogens is 268 g/mol. The zero-order valence-electron chi connectivity index (χ0n) is 10.7. The maximum Gasteiger partial charge on any atom is 0.228 e. The van der Waals surface area contributed by atoms with E-state index in [-0.39, 0.29) is 5.69 Å². The molecule has 2 atom stereocenters. The summed E-state index contributed by atoms with van der Waals surface area (Å²) in [4.78, 5) is 23.1. The van der Waals surface area contributed by atoms with Gasteiger partial charge >= 0.3 is 0 Å². The number of carboxylic acids is 1. The van der Waals surface area contributed by atoms with Gasteiger partial charge in [-0.2, -0.15) is 0 Å². The lowest BCUT2D eigenvalue weighted by Crippen LogP contribution is -2.42. The monoisotopic (exact) mass is 282 g/mol. The summed E-state index contributed by atoms with van der Waals surface area (Å²) in [6.45, 7) is 0. The summed E-state index contributed by atoms with van der Waals surface area (Å²) >= 11 is 0. The van der Waals surface area contributed by atoms with Crippen LogP contribution < -0.4 is 10.4 Å². The summed E-state index contributed by atoms with van der Waals surface area (Å²) in [5, 5.41) is 13.4. The second-order valence-corrected chi connectivity index (χ2v) is 4.93. The van der Waals surface area contributed by atoms with E-state index in [1.54, 1.807) is 0 Å². The third-order valence-electron chi connectivity index (χ3n) is 3.59. The van der Waals surface area contributed by atoms with E-state index in [2.05, 4.69) is 5.32 Å². The van der Waals surface area contributed by atoms with Gasteiger partial charge < -0.3 is 15.2 Å². The molecule has 2 unspecified atom stereocenters. The van der Waals surface area contributed by atoms with Crippen LogP contribution >= 0.6 is 0 Å². The Balaban J connectivity index is 2.09. The molecule has 0 radical (unpaired) electrons. The maximum atomic E-state index is 13.0. The highest BCUT2D eigenvalue weighted by Crippen LogP contribution is 2.30. The molecule has 0 aromatic heterocycles. The van der Waals surface area contributed by atoms with Gasteiger partial charge in [0.15, 0.2) is 11.6 Å². The fraction of sp³-hybridized carbons (Fsp3) is 0.429. The molecule has 1 aromatic rings. The third kappa shape index (κ3) is 3.12. The molecule has 0 aliphatic heterocycles. The van der Waals surface area contributed by atoms with Crippen LogP contribution in [-0.4, -0.2) is 11.9 Å². The van der Waals surface area contributed by atoms with E-state index in [0.29, 0.717) is 12.8 Å². The lowest BCUT2D eigenvalue weighted by Gasteiger charge is -2.31. The zero-order chi connectivity index (χ0) is 14.7. The Hall–Kier alpha value is -1.98. The van der Waals surface area contributed by atoms with Gasteiger partial charge in [-0.15, -0.1) is 0 Å². The van der Waals surface area contributed by atoms with Crippen LogP contribution in [0.2, 0.25) is 0 Å². The van der Waals surface area contributed by atoms with Crippen molar-refractivity contribution in [3.05, 3.63) is 29.8 Å². The fourth-order valence-corrected chi connectivity index (χ4v) is 2.54. The molecule has 1 fully saturated rings. The van der Waals surface area contributed by atoms with Gasteiger partial charge in [0.05, 0.1) is 0 Å². The van der Waals surface area contributed by atoms with Crippen LogP contribution in [0.5, 0.6) is 0 Å². The molecule has 0 heterocycles. The third-order valence-corrected chi connectivity index (χ3v) is 3.59. The highest BCUT2D eigenvalue weighted by atomic mass is 19.2. The smallest absolute Gasteiger partial charge is 0.228 e. The van der Waals surface area contributed by atoms with Crippen LogP contribution in [0.25, 0.3) is 0 Å². The second-order valence-electron chi connectivity index (χ2n) is 4.93. The molecule has 0 bridgehead atoms. The second kappa shape index (κ2) is 5.98. The first-order valence-electron chi connectivity index (χ1n) is 6.46. The van der Waals surface area contributed by atoms with Gasteiger partial charge in [-0.25, -0.2) is 8.78 Å². The van der Waals surface area contributed by atoms with Crippen molar-refractivity contribution in [1.82, 2.24) is 0 Å². The lowest BCUT2D eigenvalue weighted by atomic mass is 9.78. The molecule has 1 saturated carbocycles. The van der Waals surface area contributed by atoms with Gasteiger partial charge in [-0.3, -0.25) is 4.79 Å². The van der Waals surface area contributed by atoms with Gasteiger partial charge in [0.1, 0.15) is 0 Å². The Bertz CT molecular complexity index is 533. The van der Waals surface area contributed by atoms with Crippen LogP contribution in [0, 0.1) is 23.5 Å². The fourth-order valence-electron chi connectivity index (χ4n) is 2.54. The van der Waals surface area contributed by atoms with E-state index in [1.165, 1.54) is 6.07 Å². The Kier molecular flexibility index (Phi) is 4.32. The van der Waals surface area contributed by atoms with Gasteiger partial charge in [0.25, 0.3) is 0 Å². The number of hydrogen-bond acceptors (Lipinski definition) is 3. The van der Waals surface area contributed by atoms with Gasteiger partial charge in [-0.1, -0.05) is 12.8 Å². The Morgan fingerprint density at radius 3 is 2.35 bits per heavy atom. The summed E-state index contributed by atoms with van der Waals surface area (Å²) in [6, 6.07) is 3.00. The summed E-state index contributed by atoms with van der Waals surface area (Å²) in [5.41, 5.74) is 0.108. The molecule has 20 heavy (non-hydrogen) atoms. The molecule has 108 valence electrons. The number of amides is 1. The van der Waals surface area contributed by atoms with E-state index < -0.39 is 35.3 Å². The molecule has 1 N–H and O–H groups in total. The highest BCUT2D eigenvalue weighted by Gasteiger charge is 2.31. The lowest BCUT2D eigenvalue weighted by molar-refractivity contribution is -0.313. The number of halogens is 2. The standard InChI is InChI=1S/C14H15F2NO3/c15-11-6-5-8(7-12(11)16)17-13(18)9-3-1-2-4-10(9)14(19)20/h5-7,9-10H,1-4H2,(H,17,18)(H,19,20)/p-1. The average molecular weight is 282 g/mol. The van der Waals surface area contributed by atoms with E-state index in [1.807, 2.05) is 0 Å². The molecule has 1 amide bonds. The van der Waals surface area contributed by atoms with Crippen molar-refractivity contribution in [2.24, 2.45) is 11.8 Å². The van der Waals surface area contributed by atoms with Gasteiger partial charge in [-0.05, 0) is 25.0 Å². The first kappa shape index (κ1) is 14.4. The first-order chi connectivity index (χ1) is 9.49. The minimum atomic E-state index is -1.24. The molecule has 6 heteroatoms. The topological polar surface area (TPSA) is 69.2 Å². The number of hydrogen-bond donors (Lipinski definition) is 1. The summed E-state index contributed by atoms with van der Waals surface area (Å²) < 4.78 is 25.8. The summed E-state index contributed by atoms with van der Waals surface area (Å²) in [7, 11) is 0. The van der Waals surface area contributed by atoms with Crippen molar-refractivity contribution in [3.63, 3.8) is 0 Å². The predicted molar refractivity (Wildman–Crippen MR) is 65.4 cm³/mol. The van der Waals surface area contributed by atoms with Crippen molar-refractivity contribution in [1.29, 1.82) is 0 Å². The number of carboxylic acid groups (broad SMARTS) is 1. The quantitative estimate of drug-likeness (QED) is 0.912. The van der Waals surface area contributed by atoms with Crippen molar-refractivity contribution in [2.75, 3.05) is 5.32 Å². The molecule has 0 spiro atoms. The molecule has 2 rings (SSSR count). The normalized spacial score (nSPS) is 22.3. The van der Waals surface area contributed by atoms with Gasteiger partial charge in [0.2, 0.25) is 5.91 Å². The van der Waals surface area contributed by atoms with Crippen molar-refractivity contribution in [3.8, 4) is 0 Å². The summed E-state index contributed by atoms with van der Waals surface area (Å²) in [5.74, 6) is -5.33. The first-order valence-corrected chi connectivity index (χ1v) is 6.46. The average Bonchev–Trinajstić information content (AvgIpc) is 2.43. The molecule has 1 aliphatic rings. The largest absolute Gasteiger partial charge is 0.550 e. The van der Waals surface area contributed by atoms with Crippen LogP contribution in [-0.2, 0) is 9.59 Å². The Morgan fingerprint density at radius 1 is 1.10 bits per heavy atom. The highest BCUT2D eigenvalue weighted by molar-refractivity contribution is 5.95. The number of aliphatic carboxylic acids is 1. The van der Waals surface area contributed by atoms with E-state index >= 15 is 0 Å². The van der Waals surface area contributed by atoms with Gasteiger partial charge in [0, 0.05) is 29.6 Å². The zero-order valence-corrected chi connectivity index (χ0v) is 10.7. The van der Waals surface area contributed by atoms with E-state index in [4.69, 9.17) is 0 Å². The minimum absolute atomic E-state index is 0.108. The molecule has 1 aliphatic carbocycles. The number of benzene rings is 1. The van der Waals surface area contributed by atoms with E-state index in [9.17, 15) is 23.5 Å². The van der Waals surface area contributed by atoms with Crippen LogP contribution in [0.4, 0.5) is 14.5 Å². The molecule has 0 saturated heterocycles. The summed E-state index contributed by atoms with van der Waals surface area (Å²) in [6.07, 6.45) is 2.36. The minimum Gasteiger partial charge on any atom is -0.550 e. The number of rotatable bonds is 3. The number of nitrogens with one attached hydrogen (secondary N) is 1. The van der Waals surface area contributed by atoms with Crippen LogP contribution in [0.1, 0.15) is 25.7 Å². The molecular formula is C14H14F2NO3-. The van der Waals surface area contributed by atoms with Crippen LogP contribution in [0.15, 0.2) is 18.2 Å². The Morgan fingerprint density at radius 2 is 1.75 bits per heavy atom. The van der Waals surface area contributed by atoms with Crippen molar-refractivity contribution < 1.29 is 23.5 Å². The SMILES string of the molecule is O=C([O-])C1CCCCC1C(=O)Nc1ccc(F)c(F)c1. The maximum absolute atomic E-state index is 13.0. The van der Waals surface area contributed by atoms with Crippen LogP contribution in [0.3, 0.4) is 0 Å². The number of carbonyl (C=O) groups excluding carboxylic acids is 2. The predicted octanol–water partition coefficient (Wildman–Crippen LogP) is 1.46. The molecule has 1 aromatic carbocycles. The Labute approximate surface area is 114 Å². The molecule has 4 nitrogen and oxygen atoms in total.